The standard InChI is InChI=1S/C12H15N3O/c1-13-11-5-7-4-10(7)15(11)12(16)9-3-6-2-8(6)14-9/h6-11,14H,2-5H2. The highest BCUT2D eigenvalue weighted by Gasteiger charge is 2.59. The lowest BCUT2D eigenvalue weighted by Gasteiger charge is -2.23. The molecule has 0 aromatic heterocycles. The fourth-order valence-electron chi connectivity index (χ4n) is 3.55. The molecule has 2 aliphatic heterocycles. The second kappa shape index (κ2) is 2.78. The zero-order valence-corrected chi connectivity index (χ0v) is 9.10. The minimum absolute atomic E-state index is 0.0207. The lowest BCUT2D eigenvalue weighted by Crippen LogP contribution is -2.47. The van der Waals surface area contributed by atoms with Crippen LogP contribution in [0, 0.1) is 18.4 Å². The van der Waals surface area contributed by atoms with Crippen LogP contribution in [0.4, 0.5) is 0 Å². The molecule has 1 amide bonds. The largest absolute Gasteiger partial charge is 0.303 e. The number of carbonyl (C=O) groups is 1. The molecule has 0 spiro atoms. The summed E-state index contributed by atoms with van der Waals surface area (Å²) < 4.78 is 0. The van der Waals surface area contributed by atoms with Gasteiger partial charge < -0.3 is 5.32 Å². The fraction of sp³-hybridized carbons (Fsp3) is 0.833. The molecule has 0 bridgehead atoms. The number of piperidine rings is 2. The van der Waals surface area contributed by atoms with Crippen LogP contribution in [-0.4, -0.2) is 35.1 Å². The maximum atomic E-state index is 12.3. The number of nitrogens with zero attached hydrogens (tertiary/aromatic N) is 2. The molecule has 16 heavy (non-hydrogen) atoms. The molecule has 1 N–H and O–H groups in total. The van der Waals surface area contributed by atoms with Crippen molar-refractivity contribution < 1.29 is 4.79 Å². The van der Waals surface area contributed by atoms with Gasteiger partial charge in [0.1, 0.15) is 0 Å². The van der Waals surface area contributed by atoms with Crippen molar-refractivity contribution in [3.63, 3.8) is 0 Å². The number of amides is 1. The normalized spacial score (nSPS) is 51.8. The SMILES string of the molecule is [C-]#[N+]C1CC2CC2N1C(=O)C1CC2CC2N1. The molecule has 0 aromatic rings. The minimum Gasteiger partial charge on any atom is -0.303 e. The Balaban J connectivity index is 1.52. The van der Waals surface area contributed by atoms with Crippen molar-refractivity contribution in [3.8, 4) is 0 Å². The third kappa shape index (κ3) is 1.10. The van der Waals surface area contributed by atoms with E-state index in [0.29, 0.717) is 18.0 Å². The number of hydrogen-bond acceptors (Lipinski definition) is 2. The Hall–Kier alpha value is -1.08. The van der Waals surface area contributed by atoms with Crippen molar-refractivity contribution in [2.75, 3.05) is 0 Å². The van der Waals surface area contributed by atoms with Crippen LogP contribution < -0.4 is 5.32 Å². The zero-order valence-electron chi connectivity index (χ0n) is 9.10. The molecule has 2 heterocycles. The molecule has 6 atom stereocenters. The van der Waals surface area contributed by atoms with Gasteiger partial charge in [-0.3, -0.25) is 14.5 Å². The van der Waals surface area contributed by atoms with Gasteiger partial charge in [-0.25, -0.2) is 6.57 Å². The van der Waals surface area contributed by atoms with Crippen LogP contribution in [0.1, 0.15) is 25.7 Å². The van der Waals surface area contributed by atoms with Gasteiger partial charge in [0, 0.05) is 18.5 Å². The molecule has 6 unspecified atom stereocenters. The molecule has 84 valence electrons. The van der Waals surface area contributed by atoms with Crippen LogP contribution in [0.15, 0.2) is 0 Å². The van der Waals surface area contributed by atoms with Crippen molar-refractivity contribution in [1.29, 1.82) is 0 Å². The second-order valence-corrected chi connectivity index (χ2v) is 5.71. The molecule has 2 saturated carbocycles. The van der Waals surface area contributed by atoms with E-state index < -0.39 is 0 Å². The number of rotatable bonds is 1. The number of carbonyl (C=O) groups excluding carboxylic acids is 1. The van der Waals surface area contributed by atoms with Crippen LogP contribution in [0.3, 0.4) is 0 Å². The minimum atomic E-state index is -0.157. The van der Waals surface area contributed by atoms with E-state index in [0.717, 1.165) is 25.2 Å². The molecule has 4 heteroatoms. The van der Waals surface area contributed by atoms with E-state index in [1.54, 1.807) is 0 Å². The first kappa shape index (κ1) is 9.00. The van der Waals surface area contributed by atoms with Gasteiger partial charge in [-0.05, 0) is 31.1 Å². The Labute approximate surface area is 94.8 Å². The van der Waals surface area contributed by atoms with E-state index in [9.17, 15) is 4.79 Å². The van der Waals surface area contributed by atoms with Crippen LogP contribution in [-0.2, 0) is 4.79 Å². The van der Waals surface area contributed by atoms with Gasteiger partial charge in [0.2, 0.25) is 5.91 Å². The van der Waals surface area contributed by atoms with E-state index in [1.807, 2.05) is 4.90 Å². The highest BCUT2D eigenvalue weighted by molar-refractivity contribution is 5.84. The molecule has 4 fully saturated rings. The van der Waals surface area contributed by atoms with Gasteiger partial charge in [-0.15, -0.1) is 0 Å². The highest BCUT2D eigenvalue weighted by atomic mass is 16.2. The number of likely N-dealkylation sites (tertiary alicyclic amines) is 1. The van der Waals surface area contributed by atoms with Crippen LogP contribution in [0.2, 0.25) is 0 Å². The molecule has 0 radical (unpaired) electrons. The summed E-state index contributed by atoms with van der Waals surface area (Å²) in [6, 6.07) is 1.04. The van der Waals surface area contributed by atoms with E-state index in [-0.39, 0.29) is 18.1 Å². The molecule has 4 aliphatic rings. The average Bonchev–Trinajstić information content (AvgIpc) is 3.16. The summed E-state index contributed by atoms with van der Waals surface area (Å²) >= 11 is 0. The number of nitrogens with one attached hydrogen (secondary N) is 1. The molecule has 0 aromatic carbocycles. The summed E-state index contributed by atoms with van der Waals surface area (Å²) in [4.78, 5) is 17.8. The lowest BCUT2D eigenvalue weighted by atomic mass is 10.1. The van der Waals surface area contributed by atoms with E-state index in [4.69, 9.17) is 6.57 Å². The summed E-state index contributed by atoms with van der Waals surface area (Å²) in [5.74, 6) is 1.59. The summed E-state index contributed by atoms with van der Waals surface area (Å²) in [7, 11) is 0. The summed E-state index contributed by atoms with van der Waals surface area (Å²) in [6.45, 7) is 7.16. The third-order valence-electron chi connectivity index (χ3n) is 4.66. The average molecular weight is 217 g/mol. The Morgan fingerprint density at radius 2 is 2.12 bits per heavy atom. The summed E-state index contributed by atoms with van der Waals surface area (Å²) in [6.07, 6.45) is 4.15. The lowest BCUT2D eigenvalue weighted by molar-refractivity contribution is -0.134. The Kier molecular flexibility index (Phi) is 1.56. The predicted molar refractivity (Wildman–Crippen MR) is 57.2 cm³/mol. The van der Waals surface area contributed by atoms with Crippen LogP contribution >= 0.6 is 0 Å². The summed E-state index contributed by atoms with van der Waals surface area (Å²) in [5, 5.41) is 3.39. The predicted octanol–water partition coefficient (Wildman–Crippen LogP) is 0.603. The summed E-state index contributed by atoms with van der Waals surface area (Å²) in [5.41, 5.74) is 0. The first-order chi connectivity index (χ1) is 7.78. The van der Waals surface area contributed by atoms with E-state index in [2.05, 4.69) is 10.2 Å². The van der Waals surface area contributed by atoms with E-state index >= 15 is 0 Å². The van der Waals surface area contributed by atoms with Gasteiger partial charge in [-0.2, -0.15) is 0 Å². The Morgan fingerprint density at radius 3 is 2.81 bits per heavy atom. The van der Waals surface area contributed by atoms with Gasteiger partial charge in [-0.1, -0.05) is 0 Å². The van der Waals surface area contributed by atoms with Crippen molar-refractivity contribution in [1.82, 2.24) is 10.2 Å². The van der Waals surface area contributed by atoms with Crippen molar-refractivity contribution >= 4 is 5.91 Å². The number of hydrogen-bond donors (Lipinski definition) is 1. The maximum Gasteiger partial charge on any atom is 0.301 e. The topological polar surface area (TPSA) is 36.7 Å². The first-order valence-corrected chi connectivity index (χ1v) is 6.22. The smallest absolute Gasteiger partial charge is 0.301 e. The molecule has 2 aliphatic carbocycles. The quantitative estimate of drug-likeness (QED) is 0.653. The molecule has 2 saturated heterocycles. The third-order valence-corrected chi connectivity index (χ3v) is 4.66. The van der Waals surface area contributed by atoms with Gasteiger partial charge >= 0.3 is 6.17 Å². The maximum absolute atomic E-state index is 12.3. The van der Waals surface area contributed by atoms with E-state index in [1.165, 1.54) is 6.42 Å². The number of fused-ring (bicyclic) bond motifs is 2. The van der Waals surface area contributed by atoms with Crippen molar-refractivity contribution in [2.45, 2.75) is 50.0 Å². The van der Waals surface area contributed by atoms with Crippen molar-refractivity contribution in [3.05, 3.63) is 11.4 Å². The molecule has 4 rings (SSSR count). The zero-order chi connectivity index (χ0) is 10.9. The highest BCUT2D eigenvalue weighted by Crippen LogP contribution is 2.49. The fourth-order valence-corrected chi connectivity index (χ4v) is 3.55. The molecule has 4 nitrogen and oxygen atoms in total. The van der Waals surface area contributed by atoms with Crippen LogP contribution in [0.25, 0.3) is 4.85 Å². The second-order valence-electron chi connectivity index (χ2n) is 5.71. The molecular weight excluding hydrogens is 202 g/mol. The Bertz CT molecular complexity index is 392. The van der Waals surface area contributed by atoms with Gasteiger partial charge in [0.05, 0.1) is 6.04 Å². The van der Waals surface area contributed by atoms with Crippen molar-refractivity contribution in [2.24, 2.45) is 11.8 Å². The Morgan fingerprint density at radius 1 is 1.25 bits per heavy atom. The monoisotopic (exact) mass is 217 g/mol. The van der Waals surface area contributed by atoms with Crippen LogP contribution in [0.5, 0.6) is 0 Å². The van der Waals surface area contributed by atoms with Gasteiger partial charge in [0.15, 0.2) is 0 Å². The molecular formula is C12H15N3O. The van der Waals surface area contributed by atoms with Gasteiger partial charge in [0.25, 0.3) is 0 Å². The first-order valence-electron chi connectivity index (χ1n) is 6.22.